The number of carboxylic acid groups (broad SMARTS) is 1. The molecule has 2 saturated carbocycles. The van der Waals surface area contributed by atoms with E-state index in [0.717, 1.165) is 19.3 Å². The lowest BCUT2D eigenvalue weighted by atomic mass is 9.79. The molecule has 23 heavy (non-hydrogen) atoms. The zero-order valence-electron chi connectivity index (χ0n) is 12.2. The second kappa shape index (κ2) is 5.26. The van der Waals surface area contributed by atoms with Crippen molar-refractivity contribution in [1.29, 1.82) is 0 Å². The van der Waals surface area contributed by atoms with Gasteiger partial charge in [0.2, 0.25) is 5.91 Å². The molecule has 0 unspecified atom stereocenters. The standard InChI is InChI=1S/C16H15FN2O3S/c17-9-3-4-10-11(6-9)23-16(18-10)19-14(20)12-7-1-2-8(5-7)13(12)15(21)22/h3-4,6-8,12-13H,1-2,5H2,(H,21,22)(H,18,19,20)/t7-,8+,12+,13+/m0/s1. The number of carbonyl (C=O) groups excluding carboxylic acids is 1. The summed E-state index contributed by atoms with van der Waals surface area (Å²) in [5.74, 6) is -2.34. The third-order valence-electron chi connectivity index (χ3n) is 5.08. The van der Waals surface area contributed by atoms with Crippen LogP contribution in [0.25, 0.3) is 10.2 Å². The normalized spacial score (nSPS) is 29.1. The smallest absolute Gasteiger partial charge is 0.307 e. The van der Waals surface area contributed by atoms with E-state index in [1.54, 1.807) is 6.07 Å². The van der Waals surface area contributed by atoms with Gasteiger partial charge in [-0.15, -0.1) is 0 Å². The van der Waals surface area contributed by atoms with Crippen molar-refractivity contribution in [2.45, 2.75) is 19.3 Å². The number of benzene rings is 1. The first-order valence-corrected chi connectivity index (χ1v) is 8.44. The van der Waals surface area contributed by atoms with Gasteiger partial charge in [-0.25, -0.2) is 9.37 Å². The molecule has 5 nitrogen and oxygen atoms in total. The topological polar surface area (TPSA) is 79.3 Å². The molecule has 7 heteroatoms. The van der Waals surface area contributed by atoms with E-state index in [9.17, 15) is 19.1 Å². The Morgan fingerprint density at radius 2 is 2.00 bits per heavy atom. The highest BCUT2D eigenvalue weighted by Crippen LogP contribution is 2.52. The molecule has 1 aromatic heterocycles. The highest BCUT2D eigenvalue weighted by molar-refractivity contribution is 7.22. The quantitative estimate of drug-likeness (QED) is 0.904. The van der Waals surface area contributed by atoms with E-state index in [2.05, 4.69) is 10.3 Å². The van der Waals surface area contributed by atoms with Gasteiger partial charge in [-0.05, 0) is 49.3 Å². The van der Waals surface area contributed by atoms with Crippen molar-refractivity contribution in [2.24, 2.45) is 23.7 Å². The number of amides is 1. The maximum Gasteiger partial charge on any atom is 0.307 e. The van der Waals surface area contributed by atoms with Crippen molar-refractivity contribution in [2.75, 3.05) is 5.32 Å². The largest absolute Gasteiger partial charge is 0.481 e. The predicted octanol–water partition coefficient (Wildman–Crippen LogP) is 3.12. The van der Waals surface area contributed by atoms with Gasteiger partial charge in [-0.2, -0.15) is 0 Å². The zero-order valence-corrected chi connectivity index (χ0v) is 13.0. The number of carbonyl (C=O) groups is 2. The number of aromatic nitrogens is 1. The third kappa shape index (κ3) is 2.39. The molecular formula is C16H15FN2O3S. The monoisotopic (exact) mass is 334 g/mol. The van der Waals surface area contributed by atoms with Crippen LogP contribution in [0.5, 0.6) is 0 Å². The number of halogens is 1. The van der Waals surface area contributed by atoms with E-state index < -0.39 is 17.8 Å². The third-order valence-corrected chi connectivity index (χ3v) is 6.02. The SMILES string of the molecule is O=C(O)[C@@H]1[C@@H]2CC[C@@H](C2)[C@H]1C(=O)Nc1nc2ccc(F)cc2s1. The lowest BCUT2D eigenvalue weighted by molar-refractivity contribution is -0.148. The average Bonchev–Trinajstić information content (AvgIpc) is 3.18. The molecule has 2 aliphatic carbocycles. The van der Waals surface area contributed by atoms with Crippen LogP contribution in [0.3, 0.4) is 0 Å². The number of hydrogen-bond acceptors (Lipinski definition) is 4. The van der Waals surface area contributed by atoms with Crippen LogP contribution in [0.2, 0.25) is 0 Å². The van der Waals surface area contributed by atoms with Crippen molar-refractivity contribution in [3.8, 4) is 0 Å². The van der Waals surface area contributed by atoms with Crippen molar-refractivity contribution in [1.82, 2.24) is 4.98 Å². The number of anilines is 1. The number of rotatable bonds is 3. The van der Waals surface area contributed by atoms with Crippen LogP contribution >= 0.6 is 11.3 Å². The summed E-state index contributed by atoms with van der Waals surface area (Å²) in [5.41, 5.74) is 0.620. The minimum Gasteiger partial charge on any atom is -0.481 e. The molecule has 120 valence electrons. The maximum absolute atomic E-state index is 13.2. The Hall–Kier alpha value is -2.02. The molecule has 0 aliphatic heterocycles. The minimum atomic E-state index is -0.885. The van der Waals surface area contributed by atoms with Gasteiger partial charge in [-0.1, -0.05) is 11.3 Å². The molecule has 2 aliphatic rings. The molecule has 1 amide bonds. The maximum atomic E-state index is 13.2. The van der Waals surface area contributed by atoms with E-state index in [1.165, 1.54) is 23.5 Å². The lowest BCUT2D eigenvalue weighted by Gasteiger charge is -2.26. The van der Waals surface area contributed by atoms with Gasteiger partial charge in [0.05, 0.1) is 22.1 Å². The average molecular weight is 334 g/mol. The van der Waals surface area contributed by atoms with Crippen molar-refractivity contribution in [3.05, 3.63) is 24.0 Å². The van der Waals surface area contributed by atoms with Gasteiger partial charge < -0.3 is 10.4 Å². The minimum absolute atomic E-state index is 0.109. The van der Waals surface area contributed by atoms with E-state index in [1.807, 2.05) is 0 Å². The summed E-state index contributed by atoms with van der Waals surface area (Å²) in [6.45, 7) is 0. The van der Waals surface area contributed by atoms with Gasteiger partial charge in [0.1, 0.15) is 5.82 Å². The Morgan fingerprint density at radius 3 is 2.74 bits per heavy atom. The van der Waals surface area contributed by atoms with Crippen LogP contribution in [0.4, 0.5) is 9.52 Å². The van der Waals surface area contributed by atoms with E-state index in [0.29, 0.717) is 15.3 Å². The molecule has 0 saturated heterocycles. The number of thiazole rings is 1. The van der Waals surface area contributed by atoms with Gasteiger partial charge >= 0.3 is 5.97 Å². The Kier molecular flexibility index (Phi) is 3.33. The second-order valence-corrected chi connectivity index (χ2v) is 7.37. The first kappa shape index (κ1) is 14.6. The summed E-state index contributed by atoms with van der Waals surface area (Å²) in [4.78, 5) is 28.4. The molecule has 1 heterocycles. The van der Waals surface area contributed by atoms with E-state index >= 15 is 0 Å². The molecule has 4 rings (SSSR count). The Labute approximate surface area is 135 Å². The summed E-state index contributed by atoms with van der Waals surface area (Å²) in [6.07, 6.45) is 2.63. The van der Waals surface area contributed by atoms with Crippen molar-refractivity contribution >= 4 is 38.6 Å². The summed E-state index contributed by atoms with van der Waals surface area (Å²) < 4.78 is 13.9. The molecule has 2 aromatic rings. The molecule has 1 aromatic carbocycles. The molecule has 0 radical (unpaired) electrons. The number of nitrogens with zero attached hydrogens (tertiary/aromatic N) is 1. The van der Waals surface area contributed by atoms with Gasteiger partial charge in [0.25, 0.3) is 0 Å². The molecular weight excluding hydrogens is 319 g/mol. The van der Waals surface area contributed by atoms with Gasteiger partial charge in [-0.3, -0.25) is 9.59 Å². The molecule has 4 atom stereocenters. The van der Waals surface area contributed by atoms with Crippen LogP contribution < -0.4 is 5.32 Å². The van der Waals surface area contributed by atoms with Crippen LogP contribution in [-0.2, 0) is 9.59 Å². The Bertz CT molecular complexity index is 806. The fraction of sp³-hybridized carbons (Fsp3) is 0.438. The Morgan fingerprint density at radius 1 is 1.26 bits per heavy atom. The molecule has 2 N–H and O–H groups in total. The lowest BCUT2D eigenvalue weighted by Crippen LogP contribution is -2.37. The molecule has 0 spiro atoms. The van der Waals surface area contributed by atoms with Crippen LogP contribution in [0, 0.1) is 29.5 Å². The predicted molar refractivity (Wildman–Crippen MR) is 83.7 cm³/mol. The molecule has 2 fully saturated rings. The van der Waals surface area contributed by atoms with E-state index in [-0.39, 0.29) is 23.6 Å². The zero-order chi connectivity index (χ0) is 16.1. The van der Waals surface area contributed by atoms with Crippen LogP contribution in [0.1, 0.15) is 19.3 Å². The Balaban J connectivity index is 1.57. The van der Waals surface area contributed by atoms with Crippen LogP contribution in [0.15, 0.2) is 18.2 Å². The summed E-state index contributed by atoms with van der Waals surface area (Å²) in [5, 5.41) is 12.6. The van der Waals surface area contributed by atoms with Crippen LogP contribution in [-0.4, -0.2) is 22.0 Å². The number of carboxylic acids is 1. The highest BCUT2D eigenvalue weighted by atomic mass is 32.1. The number of hydrogen-bond donors (Lipinski definition) is 2. The first-order chi connectivity index (χ1) is 11.0. The summed E-state index contributed by atoms with van der Waals surface area (Å²) >= 11 is 1.20. The van der Waals surface area contributed by atoms with Crippen molar-refractivity contribution < 1.29 is 19.1 Å². The number of aliphatic carboxylic acids is 1. The number of fused-ring (bicyclic) bond motifs is 3. The summed E-state index contributed by atoms with van der Waals surface area (Å²) in [7, 11) is 0. The summed E-state index contributed by atoms with van der Waals surface area (Å²) in [6, 6.07) is 4.26. The highest BCUT2D eigenvalue weighted by Gasteiger charge is 2.54. The second-order valence-electron chi connectivity index (χ2n) is 6.34. The number of nitrogens with one attached hydrogen (secondary N) is 1. The van der Waals surface area contributed by atoms with Crippen molar-refractivity contribution in [3.63, 3.8) is 0 Å². The first-order valence-electron chi connectivity index (χ1n) is 7.62. The van der Waals surface area contributed by atoms with E-state index in [4.69, 9.17) is 0 Å². The fourth-order valence-corrected chi connectivity index (χ4v) is 5.06. The molecule has 2 bridgehead atoms. The van der Waals surface area contributed by atoms with Gasteiger partial charge in [0, 0.05) is 0 Å². The fourth-order valence-electron chi connectivity index (χ4n) is 4.16. The van der Waals surface area contributed by atoms with Gasteiger partial charge in [0.15, 0.2) is 5.13 Å².